The molecule has 0 aliphatic carbocycles. The smallest absolute Gasteiger partial charge is 0.165 e. The fourth-order valence-electron chi connectivity index (χ4n) is 2.61. The zero-order valence-corrected chi connectivity index (χ0v) is 13.6. The van der Waals surface area contributed by atoms with Gasteiger partial charge in [-0.2, -0.15) is 0 Å². The summed E-state index contributed by atoms with van der Waals surface area (Å²) < 4.78 is 5.22. The molecule has 2 aromatic rings. The summed E-state index contributed by atoms with van der Waals surface area (Å²) in [6.45, 7) is 7.40. The third kappa shape index (κ3) is 3.33. The second-order valence-corrected chi connectivity index (χ2v) is 5.38. The first-order chi connectivity index (χ1) is 11.5. The monoisotopic (exact) mass is 324 g/mol. The number of ether oxygens (including phenoxy) is 1. The van der Waals surface area contributed by atoms with Crippen LogP contribution in [0.15, 0.2) is 49.6 Å². The first kappa shape index (κ1) is 17.3. The van der Waals surface area contributed by atoms with Gasteiger partial charge in [0.1, 0.15) is 5.75 Å². The van der Waals surface area contributed by atoms with Crippen LogP contribution in [-0.4, -0.2) is 23.6 Å². The van der Waals surface area contributed by atoms with Crippen LogP contribution >= 0.6 is 0 Å². The number of benzene rings is 2. The lowest BCUT2D eigenvalue weighted by atomic mass is 9.94. The molecular formula is C20H20O4. The molecule has 0 heterocycles. The summed E-state index contributed by atoms with van der Waals surface area (Å²) in [5.41, 5.74) is 2.62. The first-order valence-corrected chi connectivity index (χ1v) is 7.48. The maximum atomic E-state index is 11.3. The minimum absolute atomic E-state index is 0.0896. The van der Waals surface area contributed by atoms with Crippen molar-refractivity contribution in [2.45, 2.75) is 12.8 Å². The number of aromatic hydroxyl groups is 2. The highest BCUT2D eigenvalue weighted by atomic mass is 16.5. The van der Waals surface area contributed by atoms with Gasteiger partial charge in [-0.3, -0.25) is 4.79 Å². The molecule has 0 fully saturated rings. The number of phenols is 2. The summed E-state index contributed by atoms with van der Waals surface area (Å²) in [7, 11) is 1.46. The predicted molar refractivity (Wildman–Crippen MR) is 94.9 cm³/mol. The van der Waals surface area contributed by atoms with E-state index in [0.717, 1.165) is 11.1 Å². The summed E-state index contributed by atoms with van der Waals surface area (Å²) in [5.74, 6) is 0.0321. The van der Waals surface area contributed by atoms with Crippen molar-refractivity contribution in [3.8, 4) is 28.4 Å². The molecule has 0 atom stereocenters. The van der Waals surface area contributed by atoms with Crippen molar-refractivity contribution < 1.29 is 19.7 Å². The maximum Gasteiger partial charge on any atom is 0.165 e. The zero-order valence-electron chi connectivity index (χ0n) is 13.6. The van der Waals surface area contributed by atoms with Gasteiger partial charge in [0.15, 0.2) is 17.8 Å². The molecule has 0 aliphatic rings. The number of rotatable bonds is 7. The molecule has 0 saturated carbocycles. The highest BCUT2D eigenvalue weighted by Gasteiger charge is 2.18. The second-order valence-electron chi connectivity index (χ2n) is 5.38. The van der Waals surface area contributed by atoms with Gasteiger partial charge in [0, 0.05) is 11.1 Å². The standard InChI is InChI=1S/C20H20O4/c1-4-6-13-8-15(12-21)19(22)16(9-13)17-10-14(7-5-2)11-18(24-3)20(17)23/h4-5,8-12,22-23H,1-2,6-7H2,3H3. The molecule has 0 amide bonds. The summed E-state index contributed by atoms with van der Waals surface area (Å²) >= 11 is 0. The summed E-state index contributed by atoms with van der Waals surface area (Å²) in [6, 6.07) is 6.80. The Morgan fingerprint density at radius 1 is 0.958 bits per heavy atom. The van der Waals surface area contributed by atoms with Gasteiger partial charge in [0.05, 0.1) is 12.7 Å². The van der Waals surface area contributed by atoms with Crippen molar-refractivity contribution in [2.24, 2.45) is 0 Å². The molecule has 0 saturated heterocycles. The van der Waals surface area contributed by atoms with Crippen LogP contribution in [0.3, 0.4) is 0 Å². The number of methoxy groups -OCH3 is 1. The summed E-state index contributed by atoms with van der Waals surface area (Å²) in [4.78, 5) is 11.3. The number of hydrogen-bond acceptors (Lipinski definition) is 4. The number of aldehydes is 1. The third-order valence-electron chi connectivity index (χ3n) is 3.73. The molecule has 24 heavy (non-hydrogen) atoms. The highest BCUT2D eigenvalue weighted by Crippen LogP contribution is 2.43. The van der Waals surface area contributed by atoms with E-state index in [1.165, 1.54) is 7.11 Å². The van der Waals surface area contributed by atoms with E-state index in [0.29, 0.717) is 36.0 Å². The van der Waals surface area contributed by atoms with Crippen molar-refractivity contribution in [2.75, 3.05) is 7.11 Å². The van der Waals surface area contributed by atoms with E-state index in [2.05, 4.69) is 13.2 Å². The van der Waals surface area contributed by atoms with Crippen molar-refractivity contribution in [1.82, 2.24) is 0 Å². The zero-order chi connectivity index (χ0) is 17.7. The second kappa shape index (κ2) is 7.51. The first-order valence-electron chi connectivity index (χ1n) is 7.48. The Labute approximate surface area is 141 Å². The van der Waals surface area contributed by atoms with Gasteiger partial charge < -0.3 is 14.9 Å². The van der Waals surface area contributed by atoms with Gasteiger partial charge in [0.2, 0.25) is 0 Å². The van der Waals surface area contributed by atoms with Crippen LogP contribution in [0.5, 0.6) is 17.2 Å². The van der Waals surface area contributed by atoms with Crippen LogP contribution in [0, 0.1) is 0 Å². The van der Waals surface area contributed by atoms with E-state index in [4.69, 9.17) is 4.74 Å². The molecule has 2 N–H and O–H groups in total. The number of carbonyl (C=O) groups is 1. The topological polar surface area (TPSA) is 66.8 Å². The maximum absolute atomic E-state index is 11.3. The van der Waals surface area contributed by atoms with Crippen molar-refractivity contribution in [3.05, 3.63) is 66.3 Å². The molecule has 0 aliphatic heterocycles. The van der Waals surface area contributed by atoms with E-state index in [9.17, 15) is 15.0 Å². The molecule has 2 aromatic carbocycles. The molecule has 4 heteroatoms. The van der Waals surface area contributed by atoms with Gasteiger partial charge in [-0.15, -0.1) is 13.2 Å². The SMILES string of the molecule is C=CCc1cc(C=O)c(O)c(-c2cc(CC=C)cc(OC)c2O)c1. The largest absolute Gasteiger partial charge is 0.507 e. The van der Waals surface area contributed by atoms with Crippen molar-refractivity contribution in [1.29, 1.82) is 0 Å². The fourth-order valence-corrected chi connectivity index (χ4v) is 2.61. The average Bonchev–Trinajstić information content (AvgIpc) is 2.58. The quantitative estimate of drug-likeness (QED) is 0.596. The Balaban J connectivity index is 2.76. The van der Waals surface area contributed by atoms with Crippen LogP contribution in [-0.2, 0) is 12.8 Å². The Morgan fingerprint density at radius 3 is 2.00 bits per heavy atom. The highest BCUT2D eigenvalue weighted by molar-refractivity contribution is 5.88. The van der Waals surface area contributed by atoms with Crippen LogP contribution in [0.25, 0.3) is 11.1 Å². The van der Waals surface area contributed by atoms with Crippen molar-refractivity contribution >= 4 is 6.29 Å². The molecule has 0 unspecified atom stereocenters. The minimum atomic E-state index is -0.175. The van der Waals surface area contributed by atoms with Gasteiger partial charge in [0.25, 0.3) is 0 Å². The van der Waals surface area contributed by atoms with Crippen molar-refractivity contribution in [3.63, 3.8) is 0 Å². The Bertz CT molecular complexity index is 791. The Kier molecular flexibility index (Phi) is 5.42. The summed E-state index contributed by atoms with van der Waals surface area (Å²) in [6.07, 6.45) is 5.16. The molecular weight excluding hydrogens is 304 g/mol. The molecule has 0 aromatic heterocycles. The molecule has 0 bridgehead atoms. The number of hydrogen-bond donors (Lipinski definition) is 2. The number of carbonyl (C=O) groups excluding carboxylic acids is 1. The van der Waals surface area contributed by atoms with E-state index < -0.39 is 0 Å². The molecule has 2 rings (SSSR count). The number of phenolic OH excluding ortho intramolecular Hbond substituents is 2. The lowest BCUT2D eigenvalue weighted by molar-refractivity contribution is 0.112. The van der Waals surface area contributed by atoms with Gasteiger partial charge in [-0.25, -0.2) is 0 Å². The summed E-state index contributed by atoms with van der Waals surface area (Å²) in [5, 5.41) is 20.9. The normalized spacial score (nSPS) is 10.2. The molecule has 0 spiro atoms. The lowest BCUT2D eigenvalue weighted by Crippen LogP contribution is -1.95. The van der Waals surface area contributed by atoms with Crippen LogP contribution in [0.2, 0.25) is 0 Å². The van der Waals surface area contributed by atoms with E-state index in [1.54, 1.807) is 36.4 Å². The van der Waals surface area contributed by atoms with Gasteiger partial charge >= 0.3 is 0 Å². The third-order valence-corrected chi connectivity index (χ3v) is 3.73. The number of allylic oxidation sites excluding steroid dienone is 2. The fraction of sp³-hybridized carbons (Fsp3) is 0.150. The predicted octanol–water partition coefficient (Wildman–Crippen LogP) is 4.04. The van der Waals surface area contributed by atoms with Gasteiger partial charge in [-0.1, -0.05) is 12.2 Å². The van der Waals surface area contributed by atoms with Crippen LogP contribution in [0.4, 0.5) is 0 Å². The lowest BCUT2D eigenvalue weighted by Gasteiger charge is -2.15. The van der Waals surface area contributed by atoms with E-state index in [-0.39, 0.29) is 17.1 Å². The van der Waals surface area contributed by atoms with Gasteiger partial charge in [-0.05, 0) is 48.2 Å². The Hall–Kier alpha value is -3.01. The molecule has 4 nitrogen and oxygen atoms in total. The molecule has 124 valence electrons. The van der Waals surface area contributed by atoms with E-state index in [1.807, 2.05) is 0 Å². The van der Waals surface area contributed by atoms with E-state index >= 15 is 0 Å². The molecule has 0 radical (unpaired) electrons. The Morgan fingerprint density at radius 2 is 1.50 bits per heavy atom. The average molecular weight is 324 g/mol. The van der Waals surface area contributed by atoms with Crippen LogP contribution < -0.4 is 4.74 Å². The minimum Gasteiger partial charge on any atom is -0.507 e. The van der Waals surface area contributed by atoms with Crippen LogP contribution in [0.1, 0.15) is 21.5 Å².